The summed E-state index contributed by atoms with van der Waals surface area (Å²) in [5, 5.41) is 3.39. The molecule has 0 bridgehead atoms. The number of hydrogen-bond donors (Lipinski definition) is 1. The van der Waals surface area contributed by atoms with Gasteiger partial charge in [-0.25, -0.2) is 0 Å². The molecule has 0 spiro atoms. The van der Waals surface area contributed by atoms with E-state index in [1.165, 1.54) is 25.7 Å². The second kappa shape index (κ2) is 6.55. The molecule has 3 aliphatic rings. The van der Waals surface area contributed by atoms with E-state index in [4.69, 9.17) is 0 Å². The predicted molar refractivity (Wildman–Crippen MR) is 79.7 cm³/mol. The quantitative estimate of drug-likeness (QED) is 0.842. The van der Waals surface area contributed by atoms with Crippen LogP contribution < -0.4 is 5.32 Å². The van der Waals surface area contributed by atoms with Gasteiger partial charge in [0.1, 0.15) is 5.78 Å². The molecule has 4 atom stereocenters. The molecular weight excluding hydrogens is 260 g/mol. The first-order valence-electron chi connectivity index (χ1n) is 7.74. The Morgan fingerprint density at radius 3 is 2.58 bits per heavy atom. The topological polar surface area (TPSA) is 32.3 Å². The van der Waals surface area contributed by atoms with Crippen molar-refractivity contribution < 1.29 is 4.79 Å². The molecule has 3 rings (SSSR count). The Bertz CT molecular complexity index is 317. The van der Waals surface area contributed by atoms with Crippen LogP contribution in [-0.4, -0.2) is 43.4 Å². The number of hydrogen-bond acceptors (Lipinski definition) is 3. The summed E-state index contributed by atoms with van der Waals surface area (Å²) in [5.74, 6) is 2.68. The normalized spacial score (nSPS) is 39.7. The number of carbonyl (C=O) groups is 1. The second-order valence-electron chi connectivity index (χ2n) is 6.47. The van der Waals surface area contributed by atoms with Gasteiger partial charge in [0, 0.05) is 44.6 Å². The molecule has 0 aromatic heterocycles. The highest BCUT2D eigenvalue weighted by Gasteiger charge is 2.48. The van der Waals surface area contributed by atoms with Crippen LogP contribution in [-0.2, 0) is 4.79 Å². The lowest BCUT2D eigenvalue weighted by atomic mass is 9.78. The highest BCUT2D eigenvalue weighted by molar-refractivity contribution is 5.86. The zero-order valence-corrected chi connectivity index (χ0v) is 12.8. The zero-order chi connectivity index (χ0) is 12.5. The molecule has 1 N–H and O–H groups in total. The monoisotopic (exact) mass is 286 g/mol. The fraction of sp³-hybridized carbons (Fsp3) is 0.933. The summed E-state index contributed by atoms with van der Waals surface area (Å²) in [6.07, 6.45) is 5.10. The molecule has 2 saturated carbocycles. The van der Waals surface area contributed by atoms with E-state index in [0.29, 0.717) is 29.5 Å². The van der Waals surface area contributed by atoms with E-state index in [0.717, 1.165) is 32.7 Å². The molecule has 0 aromatic rings. The number of piperazine rings is 1. The van der Waals surface area contributed by atoms with Crippen LogP contribution in [0.5, 0.6) is 0 Å². The van der Waals surface area contributed by atoms with Gasteiger partial charge in [-0.05, 0) is 24.7 Å². The molecule has 1 saturated heterocycles. The first kappa shape index (κ1) is 15.3. The Morgan fingerprint density at radius 2 is 1.89 bits per heavy atom. The van der Waals surface area contributed by atoms with Crippen molar-refractivity contribution in [2.45, 2.75) is 32.6 Å². The molecule has 3 nitrogen and oxygen atoms in total. The summed E-state index contributed by atoms with van der Waals surface area (Å²) in [6, 6.07) is 0. The van der Waals surface area contributed by atoms with E-state index in [2.05, 4.69) is 17.1 Å². The summed E-state index contributed by atoms with van der Waals surface area (Å²) in [6.45, 7) is 7.76. The van der Waals surface area contributed by atoms with Gasteiger partial charge in [-0.2, -0.15) is 0 Å². The summed E-state index contributed by atoms with van der Waals surface area (Å²) >= 11 is 0. The Morgan fingerprint density at radius 1 is 1.21 bits per heavy atom. The van der Waals surface area contributed by atoms with Crippen LogP contribution in [0.3, 0.4) is 0 Å². The fourth-order valence-electron chi connectivity index (χ4n) is 4.40. The number of fused-ring (bicyclic) bond motifs is 1. The van der Waals surface area contributed by atoms with Gasteiger partial charge in [0.2, 0.25) is 0 Å². The van der Waals surface area contributed by atoms with Crippen molar-refractivity contribution in [3.05, 3.63) is 0 Å². The molecule has 1 aliphatic heterocycles. The number of nitrogens with one attached hydrogen (secondary N) is 1. The maximum Gasteiger partial charge on any atom is 0.140 e. The molecule has 4 unspecified atom stereocenters. The maximum absolute atomic E-state index is 12.6. The minimum atomic E-state index is 0. The molecule has 19 heavy (non-hydrogen) atoms. The van der Waals surface area contributed by atoms with Crippen LogP contribution in [0, 0.1) is 23.7 Å². The third kappa shape index (κ3) is 2.98. The lowest BCUT2D eigenvalue weighted by Gasteiger charge is -2.31. The second-order valence-corrected chi connectivity index (χ2v) is 6.47. The maximum atomic E-state index is 12.6. The molecule has 110 valence electrons. The number of rotatable bonds is 2. The lowest BCUT2D eigenvalue weighted by molar-refractivity contribution is -0.125. The van der Waals surface area contributed by atoms with Crippen molar-refractivity contribution in [1.82, 2.24) is 10.2 Å². The third-order valence-corrected chi connectivity index (χ3v) is 5.52. The van der Waals surface area contributed by atoms with Crippen molar-refractivity contribution in [2.24, 2.45) is 23.7 Å². The number of ketones is 1. The van der Waals surface area contributed by atoms with Gasteiger partial charge in [-0.15, -0.1) is 12.4 Å². The van der Waals surface area contributed by atoms with Crippen molar-refractivity contribution in [1.29, 1.82) is 0 Å². The van der Waals surface area contributed by atoms with Gasteiger partial charge in [-0.1, -0.05) is 19.8 Å². The van der Waals surface area contributed by atoms with Gasteiger partial charge in [0.25, 0.3) is 0 Å². The molecule has 0 amide bonds. The van der Waals surface area contributed by atoms with Crippen molar-refractivity contribution in [3.63, 3.8) is 0 Å². The minimum Gasteiger partial charge on any atom is -0.314 e. The van der Waals surface area contributed by atoms with E-state index < -0.39 is 0 Å². The van der Waals surface area contributed by atoms with Crippen LogP contribution in [0.25, 0.3) is 0 Å². The zero-order valence-electron chi connectivity index (χ0n) is 11.9. The Balaban J connectivity index is 0.00000133. The highest BCUT2D eigenvalue weighted by Crippen LogP contribution is 2.46. The first-order valence-corrected chi connectivity index (χ1v) is 7.74. The fourth-order valence-corrected chi connectivity index (χ4v) is 4.40. The van der Waals surface area contributed by atoms with E-state index in [1.807, 2.05) is 0 Å². The average Bonchev–Trinajstić information content (AvgIpc) is 2.66. The van der Waals surface area contributed by atoms with Gasteiger partial charge in [0.15, 0.2) is 0 Å². The van der Waals surface area contributed by atoms with Crippen LogP contribution in [0.1, 0.15) is 32.6 Å². The smallest absolute Gasteiger partial charge is 0.140 e. The number of halogens is 1. The molecule has 3 fully saturated rings. The van der Waals surface area contributed by atoms with E-state index in [1.54, 1.807) is 0 Å². The van der Waals surface area contributed by atoms with Gasteiger partial charge in [0.05, 0.1) is 0 Å². The van der Waals surface area contributed by atoms with Crippen molar-refractivity contribution in [3.8, 4) is 0 Å². The van der Waals surface area contributed by atoms with Crippen LogP contribution >= 0.6 is 12.4 Å². The summed E-state index contributed by atoms with van der Waals surface area (Å²) < 4.78 is 0. The first-order chi connectivity index (χ1) is 8.77. The van der Waals surface area contributed by atoms with E-state index >= 15 is 0 Å². The highest BCUT2D eigenvalue weighted by atomic mass is 35.5. The number of carbonyl (C=O) groups excluding carboxylic acids is 1. The van der Waals surface area contributed by atoms with Gasteiger partial charge < -0.3 is 10.2 Å². The molecule has 0 radical (unpaired) electrons. The summed E-state index contributed by atoms with van der Waals surface area (Å²) in [7, 11) is 0. The van der Waals surface area contributed by atoms with Gasteiger partial charge >= 0.3 is 0 Å². The summed E-state index contributed by atoms with van der Waals surface area (Å²) in [4.78, 5) is 15.1. The van der Waals surface area contributed by atoms with Crippen molar-refractivity contribution >= 4 is 18.2 Å². The lowest BCUT2D eigenvalue weighted by Crippen LogP contribution is -2.46. The van der Waals surface area contributed by atoms with Crippen LogP contribution in [0.15, 0.2) is 0 Å². The average molecular weight is 287 g/mol. The SMILES string of the molecule is CC1C(CN2CCNCC2)C(=O)C2CCCCC21.Cl. The number of Topliss-reactive ketones (excluding diaryl/α,β-unsaturated/α-hetero) is 1. The Hall–Kier alpha value is -0.120. The molecule has 4 heteroatoms. The van der Waals surface area contributed by atoms with Crippen LogP contribution in [0.2, 0.25) is 0 Å². The third-order valence-electron chi connectivity index (χ3n) is 5.52. The summed E-state index contributed by atoms with van der Waals surface area (Å²) in [5.41, 5.74) is 0. The Labute approximate surface area is 122 Å². The van der Waals surface area contributed by atoms with Crippen molar-refractivity contribution in [2.75, 3.05) is 32.7 Å². The predicted octanol–water partition coefficient (Wildman–Crippen LogP) is 1.95. The Kier molecular flexibility index (Phi) is 5.27. The largest absolute Gasteiger partial charge is 0.314 e. The molecular formula is C15H27ClN2O. The minimum absolute atomic E-state index is 0. The molecule has 1 heterocycles. The van der Waals surface area contributed by atoms with E-state index in [9.17, 15) is 4.79 Å². The van der Waals surface area contributed by atoms with Gasteiger partial charge in [-0.3, -0.25) is 4.79 Å². The molecule has 2 aliphatic carbocycles. The van der Waals surface area contributed by atoms with Crippen LogP contribution in [0.4, 0.5) is 0 Å². The number of nitrogens with zero attached hydrogens (tertiary/aromatic N) is 1. The standard InChI is InChI=1S/C15H26N2O.ClH/c1-11-12-4-2-3-5-13(12)15(18)14(11)10-17-8-6-16-7-9-17;/h11-14,16H,2-10H2,1H3;1H. The molecule has 0 aromatic carbocycles. The van der Waals surface area contributed by atoms with E-state index in [-0.39, 0.29) is 12.4 Å².